The van der Waals surface area contributed by atoms with Crippen molar-refractivity contribution in [3.63, 3.8) is 0 Å². The van der Waals surface area contributed by atoms with Gasteiger partial charge in [0, 0.05) is 36.1 Å². The number of aromatic nitrogens is 1. The van der Waals surface area contributed by atoms with Crippen LogP contribution in [0.2, 0.25) is 0 Å². The van der Waals surface area contributed by atoms with Gasteiger partial charge in [0.15, 0.2) is 23.2 Å². The molecule has 1 aromatic heterocycles. The molecule has 3 rings (SSSR count). The van der Waals surface area contributed by atoms with Crippen molar-refractivity contribution in [2.24, 2.45) is 10.8 Å². The van der Waals surface area contributed by atoms with Gasteiger partial charge in [-0.15, -0.1) is 0 Å². The average Bonchev–Trinajstić information content (AvgIpc) is 2.91. The van der Waals surface area contributed by atoms with Gasteiger partial charge in [-0.2, -0.15) is 5.10 Å². The Hall–Kier alpha value is -4.94. The minimum Gasteiger partial charge on any atom is -0.497 e. The molecule has 1 unspecified atom stereocenters. The van der Waals surface area contributed by atoms with Gasteiger partial charge < -0.3 is 31.6 Å². The summed E-state index contributed by atoms with van der Waals surface area (Å²) < 4.78 is 39.1. The second kappa shape index (κ2) is 12.9. The number of amidine groups is 2. The van der Waals surface area contributed by atoms with Crippen molar-refractivity contribution in [2.45, 2.75) is 6.04 Å². The van der Waals surface area contributed by atoms with Crippen molar-refractivity contribution < 1.29 is 23.0 Å². The number of hydrazone groups is 1. The molecule has 0 fully saturated rings. The molecule has 0 spiro atoms. The van der Waals surface area contributed by atoms with Gasteiger partial charge in [-0.05, 0) is 42.5 Å². The number of hydrogen-bond donors (Lipinski definition) is 5. The molecule has 0 aliphatic heterocycles. The Bertz CT molecular complexity index is 1300. The number of ether oxygens (including phenoxy) is 2. The van der Waals surface area contributed by atoms with E-state index >= 15 is 4.39 Å². The molecule has 0 saturated heterocycles. The predicted octanol–water partition coefficient (Wildman–Crippen LogP) is 2.79. The molecule has 1 heterocycles. The van der Waals surface area contributed by atoms with E-state index in [1.54, 1.807) is 43.4 Å². The lowest BCUT2D eigenvalue weighted by atomic mass is 10.0. The molecule has 0 saturated carbocycles. The summed E-state index contributed by atoms with van der Waals surface area (Å²) in [6.07, 6.45) is 1.91. The SMILES string of the molecule is COc1cc(OCCF)c(F)c(C(Nc2ccc(C(=N)N)cc2)/C(=N/N(C)c2ncccc2N)NC=O)c1. The number of nitrogen functional groups attached to an aromatic ring is 2. The van der Waals surface area contributed by atoms with Crippen LogP contribution in [0.1, 0.15) is 17.2 Å². The van der Waals surface area contributed by atoms with E-state index in [9.17, 15) is 9.18 Å². The number of anilines is 3. The first-order valence-corrected chi connectivity index (χ1v) is 11.3. The molecule has 1 atom stereocenters. The number of nitrogens with two attached hydrogens (primary N) is 2. The smallest absolute Gasteiger partial charge is 0.212 e. The number of hydrogen-bond acceptors (Lipinski definition) is 9. The Morgan fingerprint density at radius 3 is 2.63 bits per heavy atom. The number of amides is 1. The van der Waals surface area contributed by atoms with Gasteiger partial charge in [0.05, 0.1) is 12.8 Å². The Labute approximate surface area is 217 Å². The van der Waals surface area contributed by atoms with Crippen LogP contribution in [0.5, 0.6) is 11.5 Å². The average molecular weight is 527 g/mol. The molecular formula is C25H28F2N8O3. The predicted molar refractivity (Wildman–Crippen MR) is 142 cm³/mol. The first kappa shape index (κ1) is 27.6. The fourth-order valence-electron chi connectivity index (χ4n) is 3.50. The molecule has 0 aliphatic rings. The Morgan fingerprint density at radius 1 is 1.29 bits per heavy atom. The summed E-state index contributed by atoms with van der Waals surface area (Å²) in [5.41, 5.74) is 12.8. The molecule has 200 valence electrons. The maximum atomic E-state index is 15.8. The second-order valence-corrected chi connectivity index (χ2v) is 7.82. The summed E-state index contributed by atoms with van der Waals surface area (Å²) in [6.45, 7) is -1.20. The lowest BCUT2D eigenvalue weighted by Gasteiger charge is -2.25. The van der Waals surface area contributed by atoms with Gasteiger partial charge >= 0.3 is 0 Å². The number of nitrogens with one attached hydrogen (secondary N) is 3. The zero-order valence-electron chi connectivity index (χ0n) is 20.7. The van der Waals surface area contributed by atoms with E-state index < -0.39 is 18.5 Å². The number of methoxy groups -OCH3 is 1. The molecule has 3 aromatic rings. The first-order valence-electron chi connectivity index (χ1n) is 11.3. The fraction of sp³-hybridized carbons (Fsp3) is 0.200. The maximum Gasteiger partial charge on any atom is 0.212 e. The number of alkyl halides is 1. The largest absolute Gasteiger partial charge is 0.497 e. The van der Waals surface area contributed by atoms with Crippen molar-refractivity contribution in [1.82, 2.24) is 10.3 Å². The van der Waals surface area contributed by atoms with Gasteiger partial charge in [0.25, 0.3) is 0 Å². The minimum atomic E-state index is -1.13. The van der Waals surface area contributed by atoms with Crippen molar-refractivity contribution >= 4 is 35.3 Å². The van der Waals surface area contributed by atoms with Gasteiger partial charge in [-0.3, -0.25) is 10.2 Å². The molecule has 0 bridgehead atoms. The van der Waals surface area contributed by atoms with E-state index in [4.69, 9.17) is 26.4 Å². The van der Waals surface area contributed by atoms with Crippen molar-refractivity contribution in [1.29, 1.82) is 5.41 Å². The number of halogens is 2. The highest BCUT2D eigenvalue weighted by Crippen LogP contribution is 2.34. The highest BCUT2D eigenvalue weighted by Gasteiger charge is 2.27. The monoisotopic (exact) mass is 526 g/mol. The number of carbonyl (C=O) groups is 1. The highest BCUT2D eigenvalue weighted by atomic mass is 19.1. The van der Waals surface area contributed by atoms with E-state index in [1.165, 1.54) is 30.4 Å². The first-order chi connectivity index (χ1) is 18.3. The molecule has 0 aliphatic carbocycles. The summed E-state index contributed by atoms with van der Waals surface area (Å²) in [4.78, 5) is 15.8. The molecule has 1 amide bonds. The summed E-state index contributed by atoms with van der Waals surface area (Å²) in [5.74, 6) is -0.712. The third-order valence-electron chi connectivity index (χ3n) is 5.29. The van der Waals surface area contributed by atoms with Gasteiger partial charge in [0.1, 0.15) is 30.9 Å². The quantitative estimate of drug-likeness (QED) is 0.104. The molecule has 0 radical (unpaired) electrons. The number of pyridine rings is 1. The van der Waals surface area contributed by atoms with Crippen LogP contribution in [0.15, 0.2) is 59.8 Å². The van der Waals surface area contributed by atoms with Gasteiger partial charge in [-0.25, -0.2) is 18.8 Å². The lowest BCUT2D eigenvalue weighted by Crippen LogP contribution is -2.36. The van der Waals surface area contributed by atoms with Gasteiger partial charge in [-0.1, -0.05) is 0 Å². The zero-order valence-corrected chi connectivity index (χ0v) is 20.7. The number of benzene rings is 2. The molecule has 11 nitrogen and oxygen atoms in total. The van der Waals surface area contributed by atoms with Crippen molar-refractivity contribution in [2.75, 3.05) is 43.5 Å². The molecule has 38 heavy (non-hydrogen) atoms. The third-order valence-corrected chi connectivity index (χ3v) is 5.29. The highest BCUT2D eigenvalue weighted by molar-refractivity contribution is 5.98. The van der Waals surface area contributed by atoms with Crippen LogP contribution >= 0.6 is 0 Å². The summed E-state index contributed by atoms with van der Waals surface area (Å²) in [5, 5.41) is 19.0. The summed E-state index contributed by atoms with van der Waals surface area (Å²) in [7, 11) is 2.94. The Balaban J connectivity index is 2.17. The van der Waals surface area contributed by atoms with Crippen LogP contribution in [0, 0.1) is 11.2 Å². The van der Waals surface area contributed by atoms with Crippen molar-refractivity contribution in [3.8, 4) is 11.5 Å². The molecule has 13 heteroatoms. The number of carbonyl (C=O) groups excluding carboxylic acids is 1. The van der Waals surface area contributed by atoms with E-state index in [-0.39, 0.29) is 35.3 Å². The van der Waals surface area contributed by atoms with E-state index in [2.05, 4.69) is 20.7 Å². The normalized spacial score (nSPS) is 11.8. The number of nitrogens with zero attached hydrogens (tertiary/aromatic N) is 3. The Kier molecular flexibility index (Phi) is 9.35. The third kappa shape index (κ3) is 6.63. The van der Waals surface area contributed by atoms with E-state index in [0.717, 1.165) is 0 Å². The van der Waals surface area contributed by atoms with Crippen LogP contribution in [-0.2, 0) is 4.79 Å². The maximum absolute atomic E-state index is 15.8. The Morgan fingerprint density at radius 2 is 2.03 bits per heavy atom. The van der Waals surface area contributed by atoms with Gasteiger partial charge in [0.2, 0.25) is 6.41 Å². The van der Waals surface area contributed by atoms with Crippen LogP contribution in [0.3, 0.4) is 0 Å². The van der Waals surface area contributed by atoms with E-state index in [1.807, 2.05) is 0 Å². The fourth-order valence-corrected chi connectivity index (χ4v) is 3.50. The van der Waals surface area contributed by atoms with Crippen molar-refractivity contribution in [3.05, 3.63) is 71.7 Å². The molecule has 2 aromatic carbocycles. The van der Waals surface area contributed by atoms with E-state index in [0.29, 0.717) is 29.2 Å². The molecule has 7 N–H and O–H groups in total. The van der Waals surface area contributed by atoms with Crippen LogP contribution in [-0.4, -0.2) is 50.5 Å². The summed E-state index contributed by atoms with van der Waals surface area (Å²) in [6, 6.07) is 11.3. The second-order valence-electron chi connectivity index (χ2n) is 7.82. The lowest BCUT2D eigenvalue weighted by molar-refractivity contribution is -0.108. The van der Waals surface area contributed by atoms with Crippen LogP contribution < -0.4 is 36.6 Å². The minimum absolute atomic E-state index is 0.0238. The summed E-state index contributed by atoms with van der Waals surface area (Å²) >= 11 is 0. The van der Waals surface area contributed by atoms with Crippen LogP contribution in [0.4, 0.5) is 26.0 Å². The van der Waals surface area contributed by atoms with Crippen LogP contribution in [0.25, 0.3) is 0 Å². The topological polar surface area (TPSA) is 164 Å². The zero-order chi connectivity index (χ0) is 27.7. The molecular weight excluding hydrogens is 498 g/mol. The standard InChI is InChI=1S/C25H28F2N8O3/c1-35(25-19(28)4-3-10-31-25)34-24(32-14-36)22(33-16-7-5-15(6-8-16)23(29)30)18-12-17(37-2)13-20(21(18)27)38-11-9-26/h3-8,10,12-14,22,33H,9,11,28H2,1-2H3,(H3,29,30)(H,32,34,36). The number of rotatable bonds is 12.